The van der Waals surface area contributed by atoms with Gasteiger partial charge in [-0.05, 0) is 26.2 Å². The van der Waals surface area contributed by atoms with E-state index in [1.165, 1.54) is 12.2 Å². The standard InChI is InChI=1S/C12H25NOS/c1-9(2)10(3)13-6-8-15-12-5-7-14-11(12)4/h9-13H,5-8H2,1-4H3. The number of nitrogens with one attached hydrogen (secondary N) is 1. The first-order valence-corrected chi connectivity index (χ1v) is 7.12. The maximum atomic E-state index is 5.54. The van der Waals surface area contributed by atoms with E-state index in [1.54, 1.807) is 0 Å². The van der Waals surface area contributed by atoms with Crippen LogP contribution in [0.3, 0.4) is 0 Å². The zero-order chi connectivity index (χ0) is 11.3. The molecule has 1 saturated heterocycles. The van der Waals surface area contributed by atoms with E-state index in [1.807, 2.05) is 0 Å². The maximum Gasteiger partial charge on any atom is 0.0666 e. The molecule has 0 radical (unpaired) electrons. The van der Waals surface area contributed by atoms with E-state index in [0.29, 0.717) is 12.1 Å². The second-order valence-electron chi connectivity index (χ2n) is 4.76. The lowest BCUT2D eigenvalue weighted by Gasteiger charge is -2.18. The summed E-state index contributed by atoms with van der Waals surface area (Å²) < 4.78 is 5.54. The van der Waals surface area contributed by atoms with Crippen LogP contribution >= 0.6 is 11.8 Å². The number of thioether (sulfide) groups is 1. The van der Waals surface area contributed by atoms with Gasteiger partial charge in [-0.3, -0.25) is 0 Å². The van der Waals surface area contributed by atoms with Crippen LogP contribution in [0.15, 0.2) is 0 Å². The van der Waals surface area contributed by atoms with Crippen LogP contribution in [0.4, 0.5) is 0 Å². The van der Waals surface area contributed by atoms with Crippen molar-refractivity contribution in [3.8, 4) is 0 Å². The summed E-state index contributed by atoms with van der Waals surface area (Å²) in [5.41, 5.74) is 0. The van der Waals surface area contributed by atoms with Crippen molar-refractivity contribution in [3.63, 3.8) is 0 Å². The molecule has 0 aromatic heterocycles. The Labute approximate surface area is 98.5 Å². The Balaban J connectivity index is 2.01. The fourth-order valence-corrected chi connectivity index (χ4v) is 2.81. The maximum absolute atomic E-state index is 5.54. The van der Waals surface area contributed by atoms with Crippen LogP contribution in [0, 0.1) is 5.92 Å². The highest BCUT2D eigenvalue weighted by molar-refractivity contribution is 8.00. The van der Waals surface area contributed by atoms with Gasteiger partial charge in [0.1, 0.15) is 0 Å². The first-order valence-electron chi connectivity index (χ1n) is 6.08. The average Bonchev–Trinajstić information content (AvgIpc) is 2.58. The summed E-state index contributed by atoms with van der Waals surface area (Å²) in [6.45, 7) is 11.0. The Morgan fingerprint density at radius 1 is 1.40 bits per heavy atom. The van der Waals surface area contributed by atoms with Crippen LogP contribution < -0.4 is 5.32 Å². The van der Waals surface area contributed by atoms with Crippen LogP contribution in [-0.4, -0.2) is 36.3 Å². The highest BCUT2D eigenvalue weighted by Gasteiger charge is 2.23. The van der Waals surface area contributed by atoms with E-state index in [2.05, 4.69) is 44.8 Å². The zero-order valence-electron chi connectivity index (χ0n) is 10.5. The first kappa shape index (κ1) is 13.3. The van der Waals surface area contributed by atoms with E-state index in [4.69, 9.17) is 4.74 Å². The van der Waals surface area contributed by atoms with Gasteiger partial charge in [-0.25, -0.2) is 0 Å². The Morgan fingerprint density at radius 3 is 2.67 bits per heavy atom. The molecule has 3 atom stereocenters. The molecule has 0 saturated carbocycles. The lowest BCUT2D eigenvalue weighted by atomic mass is 10.1. The Hall–Kier alpha value is 0.270. The first-order chi connectivity index (χ1) is 7.11. The highest BCUT2D eigenvalue weighted by Crippen LogP contribution is 2.25. The normalized spacial score (nSPS) is 28.6. The Kier molecular flexibility index (Phi) is 6.02. The molecule has 0 aromatic rings. The molecular formula is C12H25NOS. The van der Waals surface area contributed by atoms with Gasteiger partial charge >= 0.3 is 0 Å². The predicted octanol–water partition coefficient (Wildman–Crippen LogP) is 2.53. The van der Waals surface area contributed by atoms with Crippen molar-refractivity contribution in [1.82, 2.24) is 5.32 Å². The van der Waals surface area contributed by atoms with Crippen LogP contribution in [0.2, 0.25) is 0 Å². The molecule has 1 rings (SSSR count). The zero-order valence-corrected chi connectivity index (χ0v) is 11.3. The van der Waals surface area contributed by atoms with Gasteiger partial charge in [0.2, 0.25) is 0 Å². The van der Waals surface area contributed by atoms with E-state index >= 15 is 0 Å². The topological polar surface area (TPSA) is 21.3 Å². The third kappa shape index (κ3) is 4.75. The molecule has 1 heterocycles. The van der Waals surface area contributed by atoms with E-state index in [0.717, 1.165) is 24.3 Å². The lowest BCUT2D eigenvalue weighted by Crippen LogP contribution is -2.32. The van der Waals surface area contributed by atoms with Gasteiger partial charge in [-0.2, -0.15) is 11.8 Å². The fraction of sp³-hybridized carbons (Fsp3) is 1.00. The molecule has 0 bridgehead atoms. The molecule has 1 N–H and O–H groups in total. The van der Waals surface area contributed by atoms with E-state index in [9.17, 15) is 0 Å². The van der Waals surface area contributed by atoms with Crippen molar-refractivity contribution >= 4 is 11.8 Å². The molecule has 90 valence electrons. The Morgan fingerprint density at radius 2 is 2.13 bits per heavy atom. The molecule has 0 spiro atoms. The minimum absolute atomic E-state index is 0.456. The summed E-state index contributed by atoms with van der Waals surface area (Å²) in [4.78, 5) is 0. The highest BCUT2D eigenvalue weighted by atomic mass is 32.2. The van der Waals surface area contributed by atoms with Gasteiger partial charge in [0.15, 0.2) is 0 Å². The molecule has 1 aliphatic heterocycles. The molecule has 1 fully saturated rings. The van der Waals surface area contributed by atoms with Gasteiger partial charge in [0, 0.05) is 30.2 Å². The molecular weight excluding hydrogens is 206 g/mol. The van der Waals surface area contributed by atoms with Gasteiger partial charge in [-0.1, -0.05) is 13.8 Å². The van der Waals surface area contributed by atoms with Crippen LogP contribution in [-0.2, 0) is 4.74 Å². The van der Waals surface area contributed by atoms with Crippen molar-refractivity contribution in [2.45, 2.75) is 51.5 Å². The number of ether oxygens (including phenoxy) is 1. The summed E-state index contributed by atoms with van der Waals surface area (Å²) in [5.74, 6) is 1.93. The quantitative estimate of drug-likeness (QED) is 0.710. The number of rotatable bonds is 6. The van der Waals surface area contributed by atoms with E-state index < -0.39 is 0 Å². The molecule has 0 aromatic carbocycles. The summed E-state index contributed by atoms with van der Waals surface area (Å²) in [5, 5.41) is 4.28. The smallest absolute Gasteiger partial charge is 0.0666 e. The second kappa shape index (κ2) is 6.77. The van der Waals surface area contributed by atoms with Crippen molar-refractivity contribution in [2.75, 3.05) is 18.9 Å². The summed E-state index contributed by atoms with van der Waals surface area (Å²) >= 11 is 2.06. The summed E-state index contributed by atoms with van der Waals surface area (Å²) in [7, 11) is 0. The van der Waals surface area contributed by atoms with Crippen molar-refractivity contribution in [2.24, 2.45) is 5.92 Å². The van der Waals surface area contributed by atoms with Crippen molar-refractivity contribution in [1.29, 1.82) is 0 Å². The monoisotopic (exact) mass is 231 g/mol. The second-order valence-corrected chi connectivity index (χ2v) is 6.11. The van der Waals surface area contributed by atoms with Gasteiger partial charge < -0.3 is 10.1 Å². The number of hydrogen-bond donors (Lipinski definition) is 1. The van der Waals surface area contributed by atoms with Crippen LogP contribution in [0.1, 0.15) is 34.1 Å². The van der Waals surface area contributed by atoms with Gasteiger partial charge in [-0.15, -0.1) is 0 Å². The van der Waals surface area contributed by atoms with Crippen LogP contribution in [0.5, 0.6) is 0 Å². The largest absolute Gasteiger partial charge is 0.377 e. The lowest BCUT2D eigenvalue weighted by molar-refractivity contribution is 0.127. The fourth-order valence-electron chi connectivity index (χ4n) is 1.66. The minimum atomic E-state index is 0.456. The molecule has 3 unspecified atom stereocenters. The molecule has 2 nitrogen and oxygen atoms in total. The number of hydrogen-bond acceptors (Lipinski definition) is 3. The molecule has 1 aliphatic rings. The third-order valence-corrected chi connectivity index (χ3v) is 4.69. The molecule has 3 heteroatoms. The van der Waals surface area contributed by atoms with Crippen molar-refractivity contribution in [3.05, 3.63) is 0 Å². The molecule has 0 amide bonds. The van der Waals surface area contributed by atoms with Crippen molar-refractivity contribution < 1.29 is 4.74 Å². The average molecular weight is 231 g/mol. The van der Waals surface area contributed by atoms with Gasteiger partial charge in [0.25, 0.3) is 0 Å². The predicted molar refractivity (Wildman–Crippen MR) is 68.6 cm³/mol. The third-order valence-electron chi connectivity index (χ3n) is 3.21. The summed E-state index contributed by atoms with van der Waals surface area (Å²) in [6.07, 6.45) is 1.68. The van der Waals surface area contributed by atoms with Crippen LogP contribution in [0.25, 0.3) is 0 Å². The van der Waals surface area contributed by atoms with Gasteiger partial charge in [0.05, 0.1) is 6.10 Å². The molecule has 15 heavy (non-hydrogen) atoms. The minimum Gasteiger partial charge on any atom is -0.377 e. The Bertz CT molecular complexity index is 175. The van der Waals surface area contributed by atoms with E-state index in [-0.39, 0.29) is 0 Å². The SMILES string of the molecule is CC(C)C(C)NCCSC1CCOC1C. The summed E-state index contributed by atoms with van der Waals surface area (Å²) in [6, 6.07) is 0.628. The molecule has 0 aliphatic carbocycles.